The molecule has 0 aromatic heterocycles. The maximum atomic E-state index is 12.5. The first-order valence-corrected chi connectivity index (χ1v) is 8.86. The van der Waals surface area contributed by atoms with Gasteiger partial charge in [0.2, 0.25) is 5.91 Å². The Morgan fingerprint density at radius 1 is 1.16 bits per heavy atom. The number of nitrogens with zero attached hydrogens (tertiary/aromatic N) is 1. The molecule has 0 spiro atoms. The van der Waals surface area contributed by atoms with Gasteiger partial charge in [0.1, 0.15) is 11.1 Å². The quantitative estimate of drug-likeness (QED) is 0.783. The number of carbonyl (C=O) groups is 2. The zero-order valence-corrected chi connectivity index (χ0v) is 15.1. The molecule has 1 saturated heterocycles. The summed E-state index contributed by atoms with van der Waals surface area (Å²) in [6.07, 6.45) is 0. The van der Waals surface area contributed by atoms with E-state index in [0.717, 1.165) is 22.6 Å². The van der Waals surface area contributed by atoms with Crippen LogP contribution in [0.4, 0.5) is 5.69 Å². The number of hydrogen-bond donors (Lipinski definition) is 0. The Hall–Kier alpha value is -2.47. The average Bonchev–Trinajstić information content (AvgIpc) is 3.02. The van der Waals surface area contributed by atoms with Crippen molar-refractivity contribution in [2.45, 2.75) is 12.3 Å². The van der Waals surface area contributed by atoms with E-state index < -0.39 is 0 Å². The van der Waals surface area contributed by atoms with Crippen LogP contribution in [0.2, 0.25) is 0 Å². The Kier molecular flexibility index (Phi) is 4.99. The van der Waals surface area contributed by atoms with Gasteiger partial charge in [-0.25, -0.2) is 4.79 Å². The lowest BCUT2D eigenvalue weighted by Crippen LogP contribution is -2.28. The van der Waals surface area contributed by atoms with Gasteiger partial charge in [0.05, 0.1) is 25.5 Å². The van der Waals surface area contributed by atoms with Gasteiger partial charge in [-0.15, -0.1) is 11.8 Å². The normalized spacial score (nSPS) is 16.8. The standard InChI is InChI=1S/C19H19NO4S/c1-12-10-14(19(22)24-3)6-9-16(12)20-17(21)11-25-18(20)13-4-7-15(23-2)8-5-13/h4-10,18H,11H2,1-3H3. The summed E-state index contributed by atoms with van der Waals surface area (Å²) in [4.78, 5) is 26.0. The molecule has 1 fully saturated rings. The van der Waals surface area contributed by atoms with Crippen LogP contribution in [0.15, 0.2) is 42.5 Å². The highest BCUT2D eigenvalue weighted by molar-refractivity contribution is 8.00. The number of esters is 1. The number of hydrogen-bond acceptors (Lipinski definition) is 5. The summed E-state index contributed by atoms with van der Waals surface area (Å²) >= 11 is 1.59. The summed E-state index contributed by atoms with van der Waals surface area (Å²) in [6.45, 7) is 1.89. The van der Waals surface area contributed by atoms with Crippen LogP contribution in [0.1, 0.15) is 26.9 Å². The molecule has 0 aliphatic carbocycles. The topological polar surface area (TPSA) is 55.8 Å². The third kappa shape index (κ3) is 3.35. The number of methoxy groups -OCH3 is 2. The molecule has 2 aromatic rings. The number of amides is 1. The fraction of sp³-hybridized carbons (Fsp3) is 0.263. The third-order valence-corrected chi connectivity index (χ3v) is 5.36. The van der Waals surface area contributed by atoms with E-state index in [4.69, 9.17) is 9.47 Å². The summed E-state index contributed by atoms with van der Waals surface area (Å²) in [5.74, 6) is 0.876. The molecule has 1 atom stereocenters. The van der Waals surface area contributed by atoms with Crippen LogP contribution in [0.5, 0.6) is 5.75 Å². The average molecular weight is 357 g/mol. The first-order valence-electron chi connectivity index (χ1n) is 7.81. The molecule has 1 heterocycles. The highest BCUT2D eigenvalue weighted by atomic mass is 32.2. The minimum atomic E-state index is -0.386. The molecular formula is C19H19NO4S. The van der Waals surface area contributed by atoms with Crippen molar-refractivity contribution < 1.29 is 19.1 Å². The highest BCUT2D eigenvalue weighted by Crippen LogP contribution is 2.43. The summed E-state index contributed by atoms with van der Waals surface area (Å²) in [6, 6.07) is 13.0. The Labute approximate surface area is 150 Å². The Bertz CT molecular complexity index is 804. The van der Waals surface area contributed by atoms with Crippen molar-refractivity contribution in [3.05, 3.63) is 59.2 Å². The van der Waals surface area contributed by atoms with Crippen molar-refractivity contribution in [3.8, 4) is 5.75 Å². The molecule has 3 rings (SSSR count). The van der Waals surface area contributed by atoms with Gasteiger partial charge < -0.3 is 9.47 Å². The SMILES string of the molecule is COC(=O)c1ccc(N2C(=O)CSC2c2ccc(OC)cc2)c(C)c1. The predicted octanol–water partition coefficient (Wildman–Crippen LogP) is 3.57. The van der Waals surface area contributed by atoms with Gasteiger partial charge in [-0.3, -0.25) is 9.69 Å². The van der Waals surface area contributed by atoms with Gasteiger partial charge in [-0.1, -0.05) is 12.1 Å². The zero-order valence-electron chi connectivity index (χ0n) is 14.3. The van der Waals surface area contributed by atoms with Crippen LogP contribution in [0.3, 0.4) is 0 Å². The summed E-state index contributed by atoms with van der Waals surface area (Å²) in [5.41, 5.74) is 3.18. The van der Waals surface area contributed by atoms with E-state index in [-0.39, 0.29) is 17.3 Å². The van der Waals surface area contributed by atoms with Gasteiger partial charge in [0.15, 0.2) is 0 Å². The predicted molar refractivity (Wildman–Crippen MR) is 98.2 cm³/mol. The van der Waals surface area contributed by atoms with Crippen molar-refractivity contribution in [2.75, 3.05) is 24.9 Å². The van der Waals surface area contributed by atoms with Gasteiger partial charge >= 0.3 is 5.97 Å². The lowest BCUT2D eigenvalue weighted by atomic mass is 10.1. The van der Waals surface area contributed by atoms with Crippen molar-refractivity contribution in [2.24, 2.45) is 0 Å². The number of rotatable bonds is 4. The molecule has 1 aliphatic heterocycles. The molecular weight excluding hydrogens is 338 g/mol. The molecule has 0 bridgehead atoms. The Morgan fingerprint density at radius 2 is 1.88 bits per heavy atom. The van der Waals surface area contributed by atoms with Crippen molar-refractivity contribution >= 4 is 29.3 Å². The molecule has 1 aliphatic rings. The molecule has 0 N–H and O–H groups in total. The van der Waals surface area contributed by atoms with Crippen LogP contribution in [-0.2, 0) is 9.53 Å². The maximum absolute atomic E-state index is 12.5. The fourth-order valence-electron chi connectivity index (χ4n) is 2.87. The Morgan fingerprint density at radius 3 is 2.48 bits per heavy atom. The Balaban J connectivity index is 1.95. The van der Waals surface area contributed by atoms with Crippen molar-refractivity contribution in [1.29, 1.82) is 0 Å². The first kappa shape index (κ1) is 17.4. The van der Waals surface area contributed by atoms with E-state index in [1.807, 2.05) is 37.3 Å². The molecule has 2 aromatic carbocycles. The van der Waals surface area contributed by atoms with E-state index in [9.17, 15) is 9.59 Å². The molecule has 1 unspecified atom stereocenters. The lowest BCUT2D eigenvalue weighted by molar-refractivity contribution is -0.115. The smallest absolute Gasteiger partial charge is 0.337 e. The lowest BCUT2D eigenvalue weighted by Gasteiger charge is -2.26. The van der Waals surface area contributed by atoms with E-state index in [0.29, 0.717) is 11.3 Å². The van der Waals surface area contributed by atoms with Gasteiger partial charge in [-0.2, -0.15) is 0 Å². The number of anilines is 1. The first-order chi connectivity index (χ1) is 12.0. The number of ether oxygens (including phenoxy) is 2. The maximum Gasteiger partial charge on any atom is 0.337 e. The summed E-state index contributed by atoms with van der Waals surface area (Å²) in [7, 11) is 2.98. The van der Waals surface area contributed by atoms with E-state index in [1.165, 1.54) is 7.11 Å². The molecule has 1 amide bonds. The van der Waals surface area contributed by atoms with Crippen LogP contribution >= 0.6 is 11.8 Å². The minimum Gasteiger partial charge on any atom is -0.497 e. The molecule has 25 heavy (non-hydrogen) atoms. The molecule has 0 saturated carbocycles. The monoisotopic (exact) mass is 357 g/mol. The molecule has 5 nitrogen and oxygen atoms in total. The van der Waals surface area contributed by atoms with E-state index >= 15 is 0 Å². The molecule has 6 heteroatoms. The van der Waals surface area contributed by atoms with E-state index in [1.54, 1.807) is 35.9 Å². The van der Waals surface area contributed by atoms with Crippen LogP contribution in [0.25, 0.3) is 0 Å². The number of thioether (sulfide) groups is 1. The van der Waals surface area contributed by atoms with Gasteiger partial charge in [0.25, 0.3) is 0 Å². The third-order valence-electron chi connectivity index (χ3n) is 4.15. The number of aryl methyl sites for hydroxylation is 1. The summed E-state index contributed by atoms with van der Waals surface area (Å²) < 4.78 is 9.95. The van der Waals surface area contributed by atoms with Gasteiger partial charge in [0, 0.05) is 5.69 Å². The number of carbonyl (C=O) groups excluding carboxylic acids is 2. The zero-order chi connectivity index (χ0) is 18.0. The van der Waals surface area contributed by atoms with Crippen LogP contribution in [-0.4, -0.2) is 31.8 Å². The van der Waals surface area contributed by atoms with Crippen LogP contribution < -0.4 is 9.64 Å². The van der Waals surface area contributed by atoms with Crippen LogP contribution in [0, 0.1) is 6.92 Å². The second-order valence-electron chi connectivity index (χ2n) is 5.69. The highest BCUT2D eigenvalue weighted by Gasteiger charge is 2.34. The largest absolute Gasteiger partial charge is 0.497 e. The molecule has 0 radical (unpaired) electrons. The van der Waals surface area contributed by atoms with Crippen molar-refractivity contribution in [3.63, 3.8) is 0 Å². The van der Waals surface area contributed by atoms with E-state index in [2.05, 4.69) is 0 Å². The second-order valence-corrected chi connectivity index (χ2v) is 6.76. The van der Waals surface area contributed by atoms with Crippen molar-refractivity contribution in [1.82, 2.24) is 0 Å². The number of benzene rings is 2. The summed E-state index contributed by atoms with van der Waals surface area (Å²) in [5, 5.41) is -0.0962. The molecule has 130 valence electrons. The second kappa shape index (κ2) is 7.19. The minimum absolute atomic E-state index is 0.0553. The fourth-order valence-corrected chi connectivity index (χ4v) is 4.04. The van der Waals surface area contributed by atoms with Gasteiger partial charge in [-0.05, 0) is 48.4 Å².